The smallest absolute Gasteiger partial charge is 0.150 e. The van der Waals surface area contributed by atoms with Gasteiger partial charge in [0.05, 0.1) is 5.02 Å². The number of fused-ring (bicyclic) bond motifs is 2. The molecule has 0 aliphatic carbocycles. The van der Waals surface area contributed by atoms with Crippen molar-refractivity contribution in [2.75, 3.05) is 0 Å². The first-order valence-electron chi connectivity index (χ1n) is 6.20. The van der Waals surface area contributed by atoms with Gasteiger partial charge < -0.3 is 0 Å². The van der Waals surface area contributed by atoms with E-state index in [2.05, 4.69) is 25.1 Å². The number of rotatable bonds is 1. The van der Waals surface area contributed by atoms with E-state index in [0.717, 1.165) is 28.2 Å². The molecule has 0 saturated carbocycles. The second-order valence-electron chi connectivity index (χ2n) is 4.84. The van der Waals surface area contributed by atoms with Gasteiger partial charge in [0.2, 0.25) is 0 Å². The van der Waals surface area contributed by atoms with Crippen molar-refractivity contribution in [3.05, 3.63) is 58.1 Å². The Labute approximate surface area is 116 Å². The molecule has 0 aliphatic heterocycles. The predicted molar refractivity (Wildman–Crippen MR) is 81.3 cm³/mol. The van der Waals surface area contributed by atoms with Gasteiger partial charge in [0.1, 0.15) is 6.29 Å². The lowest BCUT2D eigenvalue weighted by atomic mass is 9.94. The highest BCUT2D eigenvalue weighted by Crippen LogP contribution is 2.35. The Morgan fingerprint density at radius 2 is 1.68 bits per heavy atom. The van der Waals surface area contributed by atoms with E-state index in [4.69, 9.17) is 11.6 Å². The first-order valence-corrected chi connectivity index (χ1v) is 6.57. The van der Waals surface area contributed by atoms with E-state index in [1.807, 2.05) is 25.1 Å². The fourth-order valence-corrected chi connectivity index (χ4v) is 2.89. The number of benzene rings is 3. The maximum Gasteiger partial charge on any atom is 0.150 e. The second kappa shape index (κ2) is 4.36. The van der Waals surface area contributed by atoms with Crippen molar-refractivity contribution in [3.63, 3.8) is 0 Å². The lowest BCUT2D eigenvalue weighted by molar-refractivity contribution is 0.112. The molecule has 2 heteroatoms. The zero-order chi connectivity index (χ0) is 13.6. The van der Waals surface area contributed by atoms with Crippen molar-refractivity contribution in [2.24, 2.45) is 0 Å². The van der Waals surface area contributed by atoms with Crippen LogP contribution < -0.4 is 0 Å². The summed E-state index contributed by atoms with van der Waals surface area (Å²) in [5.41, 5.74) is 2.67. The average molecular weight is 269 g/mol. The number of aryl methyl sites for hydroxylation is 1. The van der Waals surface area contributed by atoms with Crippen LogP contribution in [0.1, 0.15) is 21.5 Å². The largest absolute Gasteiger partial charge is 0.298 e. The second-order valence-corrected chi connectivity index (χ2v) is 5.22. The minimum atomic E-state index is 0.663. The summed E-state index contributed by atoms with van der Waals surface area (Å²) in [5.74, 6) is 0. The Hall–Kier alpha value is -1.86. The third-order valence-corrected chi connectivity index (χ3v) is 4.27. The van der Waals surface area contributed by atoms with E-state index in [1.54, 1.807) is 0 Å². The van der Waals surface area contributed by atoms with Gasteiger partial charge in [-0.25, -0.2) is 0 Å². The summed E-state index contributed by atoms with van der Waals surface area (Å²) in [6.07, 6.45) is 0.870. The number of hydrogen-bond donors (Lipinski definition) is 0. The summed E-state index contributed by atoms with van der Waals surface area (Å²) in [5, 5.41) is 5.12. The maximum absolute atomic E-state index is 11.1. The third-order valence-electron chi connectivity index (χ3n) is 3.78. The van der Waals surface area contributed by atoms with E-state index in [9.17, 15) is 4.79 Å². The first kappa shape index (κ1) is 12.2. The standard InChI is InChI=1S/C17H13ClO/c1-10-13(9-19)8-15-11(2)14-6-4-3-5-12(14)7-16(15)17(10)18/h3-9H,1-2H3. The fraction of sp³-hybridized carbons (Fsp3) is 0.118. The van der Waals surface area contributed by atoms with Gasteiger partial charge >= 0.3 is 0 Å². The molecule has 0 aliphatic rings. The molecule has 0 saturated heterocycles. The van der Waals surface area contributed by atoms with Crippen LogP contribution in [0.25, 0.3) is 21.5 Å². The van der Waals surface area contributed by atoms with Crippen LogP contribution in [0.3, 0.4) is 0 Å². The molecular formula is C17H13ClO. The van der Waals surface area contributed by atoms with E-state index < -0.39 is 0 Å². The summed E-state index contributed by atoms with van der Waals surface area (Å²) in [6, 6.07) is 12.3. The molecule has 94 valence electrons. The van der Waals surface area contributed by atoms with Gasteiger partial charge in [-0.05, 0) is 53.3 Å². The van der Waals surface area contributed by atoms with Crippen LogP contribution in [-0.4, -0.2) is 6.29 Å². The van der Waals surface area contributed by atoms with Crippen LogP contribution in [0.4, 0.5) is 0 Å². The molecule has 0 radical (unpaired) electrons. The van der Waals surface area contributed by atoms with Crippen LogP contribution in [0.15, 0.2) is 36.4 Å². The van der Waals surface area contributed by atoms with Crippen molar-refractivity contribution >= 4 is 39.4 Å². The number of aldehydes is 1. The minimum Gasteiger partial charge on any atom is -0.298 e. The highest BCUT2D eigenvalue weighted by Gasteiger charge is 2.11. The molecule has 19 heavy (non-hydrogen) atoms. The normalized spacial score (nSPS) is 11.1. The molecule has 0 unspecified atom stereocenters. The predicted octanol–water partition coefficient (Wildman–Crippen LogP) is 5.08. The Morgan fingerprint density at radius 1 is 0.947 bits per heavy atom. The van der Waals surface area contributed by atoms with Crippen LogP contribution in [0.5, 0.6) is 0 Å². The molecule has 0 bridgehead atoms. The molecule has 0 atom stereocenters. The molecular weight excluding hydrogens is 256 g/mol. The van der Waals surface area contributed by atoms with Crippen LogP contribution >= 0.6 is 11.6 Å². The van der Waals surface area contributed by atoms with Gasteiger partial charge in [0, 0.05) is 10.9 Å². The molecule has 0 fully saturated rings. The highest BCUT2D eigenvalue weighted by molar-refractivity contribution is 6.37. The first-order chi connectivity index (χ1) is 9.13. The van der Waals surface area contributed by atoms with Crippen molar-refractivity contribution in [3.8, 4) is 0 Å². The minimum absolute atomic E-state index is 0.663. The number of carbonyl (C=O) groups is 1. The molecule has 0 spiro atoms. The molecule has 0 amide bonds. The van der Waals surface area contributed by atoms with E-state index in [1.165, 1.54) is 10.8 Å². The third kappa shape index (κ3) is 1.73. The summed E-state index contributed by atoms with van der Waals surface area (Å²) in [4.78, 5) is 11.1. The Bertz CT molecular complexity index is 818. The lowest BCUT2D eigenvalue weighted by Gasteiger charge is -2.12. The maximum atomic E-state index is 11.1. The van der Waals surface area contributed by atoms with Crippen LogP contribution in [-0.2, 0) is 0 Å². The zero-order valence-corrected chi connectivity index (χ0v) is 11.6. The molecule has 0 heterocycles. The molecule has 0 aromatic heterocycles. The molecule has 0 N–H and O–H groups in total. The zero-order valence-electron chi connectivity index (χ0n) is 10.8. The average Bonchev–Trinajstić information content (AvgIpc) is 2.44. The number of carbonyl (C=O) groups excluding carboxylic acids is 1. The molecule has 3 aromatic carbocycles. The van der Waals surface area contributed by atoms with Gasteiger partial charge in [-0.1, -0.05) is 35.9 Å². The quantitative estimate of drug-likeness (QED) is 0.444. The Balaban J connectivity index is 2.58. The Kier molecular flexibility index (Phi) is 2.79. The van der Waals surface area contributed by atoms with Crippen molar-refractivity contribution in [1.82, 2.24) is 0 Å². The highest BCUT2D eigenvalue weighted by atomic mass is 35.5. The van der Waals surface area contributed by atoms with Crippen molar-refractivity contribution < 1.29 is 4.79 Å². The van der Waals surface area contributed by atoms with Gasteiger partial charge in [-0.15, -0.1) is 0 Å². The van der Waals surface area contributed by atoms with Crippen molar-refractivity contribution in [2.45, 2.75) is 13.8 Å². The molecule has 3 aromatic rings. The number of hydrogen-bond acceptors (Lipinski definition) is 1. The topological polar surface area (TPSA) is 17.1 Å². The summed E-state index contributed by atoms with van der Waals surface area (Å²) in [7, 11) is 0. The summed E-state index contributed by atoms with van der Waals surface area (Å²) < 4.78 is 0. The van der Waals surface area contributed by atoms with Gasteiger partial charge in [0.25, 0.3) is 0 Å². The van der Waals surface area contributed by atoms with E-state index in [-0.39, 0.29) is 0 Å². The summed E-state index contributed by atoms with van der Waals surface area (Å²) >= 11 is 6.42. The number of halogens is 1. The Morgan fingerprint density at radius 3 is 2.42 bits per heavy atom. The molecule has 1 nitrogen and oxygen atoms in total. The van der Waals surface area contributed by atoms with E-state index in [0.29, 0.717) is 10.6 Å². The van der Waals surface area contributed by atoms with Crippen molar-refractivity contribution in [1.29, 1.82) is 0 Å². The van der Waals surface area contributed by atoms with Gasteiger partial charge in [-0.2, -0.15) is 0 Å². The van der Waals surface area contributed by atoms with E-state index >= 15 is 0 Å². The summed E-state index contributed by atoms with van der Waals surface area (Å²) in [6.45, 7) is 3.96. The van der Waals surface area contributed by atoms with Gasteiger partial charge in [0.15, 0.2) is 0 Å². The lowest BCUT2D eigenvalue weighted by Crippen LogP contribution is -1.92. The van der Waals surface area contributed by atoms with Crippen LogP contribution in [0, 0.1) is 13.8 Å². The fourth-order valence-electron chi connectivity index (χ4n) is 2.63. The monoisotopic (exact) mass is 268 g/mol. The molecule has 3 rings (SSSR count). The SMILES string of the molecule is Cc1c(C=O)cc2c(C)c3ccccc3cc2c1Cl. The van der Waals surface area contributed by atoms with Crippen LogP contribution in [0.2, 0.25) is 5.02 Å². The van der Waals surface area contributed by atoms with Gasteiger partial charge in [-0.3, -0.25) is 4.79 Å².